The molecule has 1 saturated heterocycles. The summed E-state index contributed by atoms with van der Waals surface area (Å²) in [5.41, 5.74) is 6.68. The third-order valence-electron chi connectivity index (χ3n) is 7.04. The molecule has 0 aromatic carbocycles. The summed E-state index contributed by atoms with van der Waals surface area (Å²) in [5, 5.41) is 0.207. The normalized spacial score (nSPS) is 34.8. The van der Waals surface area contributed by atoms with E-state index in [0.717, 1.165) is 0 Å². The summed E-state index contributed by atoms with van der Waals surface area (Å²) >= 11 is 0. The highest BCUT2D eigenvalue weighted by Gasteiger charge is 2.61. The minimum Gasteiger partial charge on any atom is -0.410 e. The number of hydrogen-bond donors (Lipinski definition) is 1. The average molecular weight is 418 g/mol. The highest BCUT2D eigenvalue weighted by molar-refractivity contribution is 6.74. The van der Waals surface area contributed by atoms with Gasteiger partial charge in [-0.3, -0.25) is 0 Å². The Morgan fingerprint density at radius 3 is 1.52 bits per heavy atom. The molecule has 0 radical (unpaired) electrons. The van der Waals surface area contributed by atoms with Gasteiger partial charge in [-0.2, -0.15) is 0 Å². The molecular formula is C20H43NO4Si2. The molecule has 2 aliphatic rings. The molecule has 160 valence electrons. The predicted octanol–water partition coefficient (Wildman–Crippen LogP) is 4.63. The van der Waals surface area contributed by atoms with E-state index in [9.17, 15) is 0 Å². The number of fused-ring (bicyclic) bond motifs is 1. The van der Waals surface area contributed by atoms with E-state index >= 15 is 0 Å². The van der Waals surface area contributed by atoms with Crippen LogP contribution < -0.4 is 5.73 Å². The van der Waals surface area contributed by atoms with Crippen LogP contribution in [0.5, 0.6) is 0 Å². The van der Waals surface area contributed by atoms with E-state index in [1.165, 1.54) is 0 Å². The summed E-state index contributed by atoms with van der Waals surface area (Å²) < 4.78 is 26.1. The average Bonchev–Trinajstić information content (AvgIpc) is 2.84. The van der Waals surface area contributed by atoms with E-state index < -0.39 is 22.4 Å². The van der Waals surface area contributed by atoms with Gasteiger partial charge in [0.2, 0.25) is 0 Å². The molecule has 0 spiro atoms. The van der Waals surface area contributed by atoms with Gasteiger partial charge in [-0.05, 0) is 50.1 Å². The smallest absolute Gasteiger partial charge is 0.192 e. The van der Waals surface area contributed by atoms with Crippen molar-refractivity contribution in [1.82, 2.24) is 0 Å². The van der Waals surface area contributed by atoms with Crippen molar-refractivity contribution in [2.75, 3.05) is 0 Å². The molecule has 27 heavy (non-hydrogen) atoms. The molecule has 5 nitrogen and oxygen atoms in total. The Bertz CT molecular complexity index is 551. The van der Waals surface area contributed by atoms with E-state index in [2.05, 4.69) is 67.7 Å². The molecule has 2 rings (SSSR count). The summed E-state index contributed by atoms with van der Waals surface area (Å²) in [7, 11) is -4.04. The van der Waals surface area contributed by atoms with Crippen LogP contribution in [0.2, 0.25) is 36.3 Å². The largest absolute Gasteiger partial charge is 0.410 e. The van der Waals surface area contributed by atoms with Gasteiger partial charge in [0.05, 0.1) is 12.1 Å². The third kappa shape index (κ3) is 4.54. The fourth-order valence-corrected chi connectivity index (χ4v) is 5.90. The summed E-state index contributed by atoms with van der Waals surface area (Å²) in [6.45, 7) is 26.5. The summed E-state index contributed by atoms with van der Waals surface area (Å²) in [6.07, 6.45) is -0.767. The lowest BCUT2D eigenvalue weighted by Gasteiger charge is -2.44. The molecule has 1 saturated carbocycles. The maximum atomic E-state index is 6.86. The lowest BCUT2D eigenvalue weighted by Crippen LogP contribution is -2.56. The van der Waals surface area contributed by atoms with Crippen LogP contribution in [0.15, 0.2) is 0 Å². The number of ether oxygens (including phenoxy) is 2. The second-order valence-electron chi connectivity index (χ2n) is 11.8. The summed E-state index contributed by atoms with van der Waals surface area (Å²) in [4.78, 5) is 0. The van der Waals surface area contributed by atoms with Crippen molar-refractivity contribution in [3.8, 4) is 0 Å². The minimum atomic E-state index is -2.02. The Hall–Kier alpha value is 0.234. The van der Waals surface area contributed by atoms with Crippen molar-refractivity contribution in [2.45, 2.75) is 128 Å². The van der Waals surface area contributed by atoms with Crippen molar-refractivity contribution < 1.29 is 18.3 Å². The number of nitrogens with two attached hydrogens (primary N) is 1. The Morgan fingerprint density at radius 1 is 0.741 bits per heavy atom. The van der Waals surface area contributed by atoms with Crippen LogP contribution in [0.4, 0.5) is 0 Å². The van der Waals surface area contributed by atoms with Gasteiger partial charge in [0.25, 0.3) is 0 Å². The van der Waals surface area contributed by atoms with Gasteiger partial charge in [-0.1, -0.05) is 41.5 Å². The molecule has 7 heteroatoms. The van der Waals surface area contributed by atoms with Gasteiger partial charge in [0.15, 0.2) is 22.4 Å². The fraction of sp³-hybridized carbons (Fsp3) is 1.00. The first-order chi connectivity index (χ1) is 11.8. The standard InChI is InChI=1S/C20H43NO4Si2/c1-18(2,3)26(9,10)24-15-13(21)14-16(23-20(7,8)22-14)17(15)25-27(11,12)19(4,5)6/h13-17H,21H2,1-12H3/t13-,14+,15-,16+,17+/m1/s1. The van der Waals surface area contributed by atoms with E-state index in [1.54, 1.807) is 0 Å². The van der Waals surface area contributed by atoms with E-state index in [1.807, 2.05) is 13.8 Å². The van der Waals surface area contributed by atoms with Crippen LogP contribution in [0.3, 0.4) is 0 Å². The topological polar surface area (TPSA) is 62.9 Å². The highest BCUT2D eigenvalue weighted by atomic mass is 28.4. The van der Waals surface area contributed by atoms with Crippen molar-refractivity contribution in [2.24, 2.45) is 5.73 Å². The quantitative estimate of drug-likeness (QED) is 0.676. The monoisotopic (exact) mass is 417 g/mol. The lowest BCUT2D eigenvalue weighted by atomic mass is 10.2. The molecule has 2 fully saturated rings. The van der Waals surface area contributed by atoms with Gasteiger partial charge in [0.1, 0.15) is 18.3 Å². The molecule has 1 heterocycles. The highest BCUT2D eigenvalue weighted by Crippen LogP contribution is 2.47. The van der Waals surface area contributed by atoms with E-state index in [4.69, 9.17) is 24.1 Å². The van der Waals surface area contributed by atoms with Crippen LogP contribution >= 0.6 is 0 Å². The fourth-order valence-electron chi connectivity index (χ4n) is 3.28. The molecule has 0 unspecified atom stereocenters. The lowest BCUT2D eigenvalue weighted by molar-refractivity contribution is -0.172. The zero-order chi connectivity index (χ0) is 21.2. The Balaban J connectivity index is 2.36. The maximum absolute atomic E-state index is 6.86. The maximum Gasteiger partial charge on any atom is 0.192 e. The van der Waals surface area contributed by atoms with Gasteiger partial charge < -0.3 is 24.1 Å². The molecule has 5 atom stereocenters. The first-order valence-corrected chi connectivity index (χ1v) is 16.1. The molecule has 0 amide bonds. The van der Waals surface area contributed by atoms with Crippen molar-refractivity contribution in [1.29, 1.82) is 0 Å². The molecule has 0 aromatic heterocycles. The number of rotatable bonds is 4. The van der Waals surface area contributed by atoms with E-state index in [-0.39, 0.29) is 40.5 Å². The van der Waals surface area contributed by atoms with E-state index in [0.29, 0.717) is 0 Å². The van der Waals surface area contributed by atoms with Gasteiger partial charge >= 0.3 is 0 Å². The second-order valence-corrected chi connectivity index (χ2v) is 21.3. The summed E-state index contributed by atoms with van der Waals surface area (Å²) in [6, 6.07) is -0.249. The van der Waals surface area contributed by atoms with Crippen LogP contribution in [0.1, 0.15) is 55.4 Å². The Labute approximate surface area is 168 Å². The zero-order valence-electron chi connectivity index (χ0n) is 19.6. The molecule has 1 aliphatic carbocycles. The van der Waals surface area contributed by atoms with Gasteiger partial charge in [-0.15, -0.1) is 0 Å². The molecule has 1 aliphatic heterocycles. The molecule has 0 bridgehead atoms. The summed E-state index contributed by atoms with van der Waals surface area (Å²) in [5.74, 6) is -0.635. The number of hydrogen-bond acceptors (Lipinski definition) is 5. The first kappa shape index (κ1) is 23.5. The van der Waals surface area contributed by atoms with Crippen LogP contribution in [0, 0.1) is 0 Å². The van der Waals surface area contributed by atoms with Crippen molar-refractivity contribution in [3.05, 3.63) is 0 Å². The Morgan fingerprint density at radius 2 is 1.11 bits per heavy atom. The molecule has 2 N–H and O–H groups in total. The van der Waals surface area contributed by atoms with Crippen molar-refractivity contribution in [3.63, 3.8) is 0 Å². The molecular weight excluding hydrogens is 374 g/mol. The van der Waals surface area contributed by atoms with Crippen LogP contribution in [0.25, 0.3) is 0 Å². The van der Waals surface area contributed by atoms with Gasteiger partial charge in [-0.25, -0.2) is 0 Å². The third-order valence-corrected chi connectivity index (χ3v) is 16.0. The predicted molar refractivity (Wildman–Crippen MR) is 116 cm³/mol. The van der Waals surface area contributed by atoms with Crippen LogP contribution in [-0.2, 0) is 18.3 Å². The van der Waals surface area contributed by atoms with Gasteiger partial charge in [0, 0.05) is 0 Å². The second kappa shape index (κ2) is 6.89. The minimum absolute atomic E-state index is 0.103. The Kier molecular flexibility index (Phi) is 6.00. The zero-order valence-corrected chi connectivity index (χ0v) is 21.6. The van der Waals surface area contributed by atoms with Crippen molar-refractivity contribution >= 4 is 16.6 Å². The molecule has 0 aromatic rings. The first-order valence-electron chi connectivity index (χ1n) is 10.3. The SMILES string of the molecule is CC1(C)O[C@@H]2[C@@H](O[Si](C)(C)C(C)(C)C)[C@H](O[Si](C)(C)C(C)(C)C)[C@H](N)[C@@H]2O1. The van der Waals surface area contributed by atoms with Crippen LogP contribution in [-0.4, -0.2) is 52.9 Å².